The van der Waals surface area contributed by atoms with E-state index in [9.17, 15) is 0 Å². The van der Waals surface area contributed by atoms with Crippen LogP contribution in [0, 0.1) is 0 Å². The summed E-state index contributed by atoms with van der Waals surface area (Å²) in [5.74, 6) is 5.55. The van der Waals surface area contributed by atoms with Gasteiger partial charge in [0.15, 0.2) is 0 Å². The van der Waals surface area contributed by atoms with Crippen LogP contribution in [0.5, 0.6) is 0 Å². The van der Waals surface area contributed by atoms with Crippen LogP contribution in [0.1, 0.15) is 15.9 Å². The highest BCUT2D eigenvalue weighted by Crippen LogP contribution is 2.27. The largest absolute Gasteiger partial charge is 0.271 e. The zero-order chi connectivity index (χ0) is 10.7. The van der Waals surface area contributed by atoms with E-state index in [0.717, 1.165) is 15.9 Å². The van der Waals surface area contributed by atoms with Gasteiger partial charge in [-0.1, -0.05) is 0 Å². The summed E-state index contributed by atoms with van der Waals surface area (Å²) in [6.07, 6.45) is 2.65. The highest BCUT2D eigenvalue weighted by molar-refractivity contribution is 9.10. The molecule has 15 heavy (non-hydrogen) atoms. The predicted molar refractivity (Wildman–Crippen MR) is 67.9 cm³/mol. The molecule has 0 aromatic carbocycles. The third kappa shape index (κ3) is 2.85. The van der Waals surface area contributed by atoms with Crippen molar-refractivity contribution < 1.29 is 0 Å². The van der Waals surface area contributed by atoms with Crippen LogP contribution in [0.4, 0.5) is 0 Å². The Balaban J connectivity index is 2.11. The number of rotatable bonds is 4. The molecule has 0 aliphatic rings. The SMILES string of the molecule is NNC(Cc1nccs1)c1cc(Br)cs1. The third-order valence-electron chi connectivity index (χ3n) is 1.99. The minimum absolute atomic E-state index is 0.146. The van der Waals surface area contributed by atoms with Gasteiger partial charge in [-0.15, -0.1) is 22.7 Å². The Morgan fingerprint density at radius 1 is 1.53 bits per heavy atom. The normalized spacial score (nSPS) is 12.9. The summed E-state index contributed by atoms with van der Waals surface area (Å²) in [6, 6.07) is 2.23. The maximum atomic E-state index is 5.55. The van der Waals surface area contributed by atoms with Crippen molar-refractivity contribution in [3.8, 4) is 0 Å². The number of thiazole rings is 1. The first-order valence-electron chi connectivity index (χ1n) is 4.38. The number of halogens is 1. The van der Waals surface area contributed by atoms with Gasteiger partial charge in [0.05, 0.1) is 11.0 Å². The molecule has 0 bridgehead atoms. The number of nitrogens with zero attached hydrogens (tertiary/aromatic N) is 1. The van der Waals surface area contributed by atoms with Crippen LogP contribution in [-0.4, -0.2) is 4.98 Å². The van der Waals surface area contributed by atoms with Crippen molar-refractivity contribution in [2.45, 2.75) is 12.5 Å². The highest BCUT2D eigenvalue weighted by Gasteiger charge is 2.13. The van der Waals surface area contributed by atoms with Gasteiger partial charge in [-0.2, -0.15) is 0 Å². The lowest BCUT2D eigenvalue weighted by Gasteiger charge is -2.11. The zero-order valence-electron chi connectivity index (χ0n) is 7.81. The van der Waals surface area contributed by atoms with Gasteiger partial charge in [0.25, 0.3) is 0 Å². The van der Waals surface area contributed by atoms with Crippen molar-refractivity contribution in [2.24, 2.45) is 5.84 Å². The fourth-order valence-electron chi connectivity index (χ4n) is 1.28. The minimum Gasteiger partial charge on any atom is -0.271 e. The van der Waals surface area contributed by atoms with E-state index in [4.69, 9.17) is 5.84 Å². The highest BCUT2D eigenvalue weighted by atomic mass is 79.9. The van der Waals surface area contributed by atoms with E-state index < -0.39 is 0 Å². The summed E-state index contributed by atoms with van der Waals surface area (Å²) < 4.78 is 1.10. The monoisotopic (exact) mass is 303 g/mol. The molecule has 0 amide bonds. The van der Waals surface area contributed by atoms with Gasteiger partial charge in [0.1, 0.15) is 0 Å². The molecular weight excluding hydrogens is 294 g/mol. The van der Waals surface area contributed by atoms with E-state index in [1.54, 1.807) is 22.7 Å². The fraction of sp³-hybridized carbons (Fsp3) is 0.222. The molecule has 0 aliphatic heterocycles. The zero-order valence-corrected chi connectivity index (χ0v) is 11.0. The first-order chi connectivity index (χ1) is 7.29. The van der Waals surface area contributed by atoms with Crippen LogP contribution in [0.15, 0.2) is 27.5 Å². The maximum absolute atomic E-state index is 5.55. The molecule has 0 fully saturated rings. The van der Waals surface area contributed by atoms with Crippen LogP contribution >= 0.6 is 38.6 Å². The Bertz CT molecular complexity index is 413. The molecular formula is C9H10BrN3S2. The number of nitrogens with one attached hydrogen (secondary N) is 1. The van der Waals surface area contributed by atoms with Crippen molar-refractivity contribution in [3.05, 3.63) is 37.4 Å². The molecule has 2 aromatic rings. The number of aromatic nitrogens is 1. The molecule has 0 radical (unpaired) electrons. The fourth-order valence-corrected chi connectivity index (χ4v) is 3.45. The van der Waals surface area contributed by atoms with Crippen molar-refractivity contribution in [3.63, 3.8) is 0 Å². The summed E-state index contributed by atoms with van der Waals surface area (Å²) in [7, 11) is 0. The third-order valence-corrected chi connectivity index (χ3v) is 4.60. The van der Waals surface area contributed by atoms with Crippen LogP contribution in [-0.2, 0) is 6.42 Å². The summed E-state index contributed by atoms with van der Waals surface area (Å²) in [5.41, 5.74) is 2.83. The van der Waals surface area contributed by atoms with Crippen molar-refractivity contribution in [1.29, 1.82) is 0 Å². The lowest BCUT2D eigenvalue weighted by Crippen LogP contribution is -2.28. The van der Waals surface area contributed by atoms with Crippen molar-refractivity contribution in [1.82, 2.24) is 10.4 Å². The summed E-state index contributed by atoms with van der Waals surface area (Å²) in [6.45, 7) is 0. The standard InChI is InChI=1S/C9H10BrN3S2/c10-6-3-8(15-5-6)7(13-11)4-9-12-1-2-14-9/h1-3,5,7,13H,4,11H2. The first kappa shape index (κ1) is 11.2. The molecule has 0 saturated carbocycles. The lowest BCUT2D eigenvalue weighted by atomic mass is 10.2. The van der Waals surface area contributed by atoms with Gasteiger partial charge in [0, 0.05) is 32.7 Å². The van der Waals surface area contributed by atoms with Gasteiger partial charge < -0.3 is 0 Å². The summed E-state index contributed by atoms with van der Waals surface area (Å²) >= 11 is 6.78. The van der Waals surface area contributed by atoms with Gasteiger partial charge in [0.2, 0.25) is 0 Å². The van der Waals surface area contributed by atoms with Crippen LogP contribution in [0.25, 0.3) is 0 Å². The van der Waals surface area contributed by atoms with Gasteiger partial charge in [-0.25, -0.2) is 4.98 Å². The number of thiophene rings is 1. The van der Waals surface area contributed by atoms with Crippen LogP contribution in [0.2, 0.25) is 0 Å². The number of hydrogen-bond acceptors (Lipinski definition) is 5. The first-order valence-corrected chi connectivity index (χ1v) is 6.93. The second-order valence-corrected chi connectivity index (χ2v) is 5.85. The van der Waals surface area contributed by atoms with Gasteiger partial charge in [-0.05, 0) is 22.0 Å². The Hall–Kier alpha value is -0.270. The molecule has 3 nitrogen and oxygen atoms in total. The predicted octanol–water partition coefficient (Wildman–Crippen LogP) is 2.71. The lowest BCUT2D eigenvalue weighted by molar-refractivity contribution is 0.559. The second kappa shape index (κ2) is 5.18. The van der Waals surface area contributed by atoms with E-state index in [-0.39, 0.29) is 6.04 Å². The average molecular weight is 304 g/mol. The molecule has 2 heterocycles. The smallest absolute Gasteiger partial charge is 0.0944 e. The van der Waals surface area contributed by atoms with E-state index in [0.29, 0.717) is 0 Å². The second-order valence-electron chi connectivity index (χ2n) is 3.02. The Kier molecular flexibility index (Phi) is 3.87. The molecule has 2 aromatic heterocycles. The quantitative estimate of drug-likeness (QED) is 0.674. The summed E-state index contributed by atoms with van der Waals surface area (Å²) in [5, 5.41) is 5.14. The van der Waals surface area contributed by atoms with Crippen LogP contribution in [0.3, 0.4) is 0 Å². The van der Waals surface area contributed by atoms with E-state index in [2.05, 4.69) is 37.8 Å². The Labute approximate surface area is 104 Å². The maximum Gasteiger partial charge on any atom is 0.0944 e. The molecule has 1 atom stereocenters. The van der Waals surface area contributed by atoms with Crippen molar-refractivity contribution in [2.75, 3.05) is 0 Å². The van der Waals surface area contributed by atoms with Gasteiger partial charge >= 0.3 is 0 Å². The van der Waals surface area contributed by atoms with E-state index >= 15 is 0 Å². The molecule has 0 saturated heterocycles. The number of hydrazine groups is 1. The molecule has 1 unspecified atom stereocenters. The minimum atomic E-state index is 0.146. The topological polar surface area (TPSA) is 50.9 Å². The van der Waals surface area contributed by atoms with Crippen molar-refractivity contribution >= 4 is 38.6 Å². The molecule has 6 heteroatoms. The molecule has 0 aliphatic carbocycles. The van der Waals surface area contributed by atoms with Crippen LogP contribution < -0.4 is 11.3 Å². The van der Waals surface area contributed by atoms with E-state index in [1.807, 2.05) is 11.6 Å². The molecule has 80 valence electrons. The molecule has 2 rings (SSSR count). The number of hydrogen-bond donors (Lipinski definition) is 2. The van der Waals surface area contributed by atoms with E-state index in [1.165, 1.54) is 4.88 Å². The molecule has 0 spiro atoms. The summed E-state index contributed by atoms with van der Waals surface area (Å²) in [4.78, 5) is 5.47. The Morgan fingerprint density at radius 3 is 2.93 bits per heavy atom. The number of nitrogens with two attached hydrogens (primary N) is 1. The Morgan fingerprint density at radius 2 is 2.40 bits per heavy atom. The molecule has 3 N–H and O–H groups in total. The average Bonchev–Trinajstić information content (AvgIpc) is 2.85. The van der Waals surface area contributed by atoms with Gasteiger partial charge in [-0.3, -0.25) is 11.3 Å².